The molecule has 17 heavy (non-hydrogen) atoms. The number of rotatable bonds is 4. The van der Waals surface area contributed by atoms with Crippen LogP contribution in [0.4, 0.5) is 5.69 Å². The number of thiophene rings is 1. The SMILES string of the molecule is O=C(O)c1ccc(NCc2ccsc2)c(Cl)c1. The van der Waals surface area contributed by atoms with E-state index in [0.717, 1.165) is 5.69 Å². The van der Waals surface area contributed by atoms with Gasteiger partial charge in [-0.2, -0.15) is 11.3 Å². The highest BCUT2D eigenvalue weighted by molar-refractivity contribution is 7.07. The van der Waals surface area contributed by atoms with E-state index < -0.39 is 5.97 Å². The summed E-state index contributed by atoms with van der Waals surface area (Å²) in [6, 6.07) is 6.68. The van der Waals surface area contributed by atoms with Crippen LogP contribution in [-0.2, 0) is 6.54 Å². The molecule has 0 bridgehead atoms. The highest BCUT2D eigenvalue weighted by Crippen LogP contribution is 2.23. The summed E-state index contributed by atoms with van der Waals surface area (Å²) in [5, 5.41) is 16.4. The van der Waals surface area contributed by atoms with Crippen molar-refractivity contribution in [1.29, 1.82) is 0 Å². The number of carbonyl (C=O) groups is 1. The molecule has 1 aromatic carbocycles. The summed E-state index contributed by atoms with van der Waals surface area (Å²) < 4.78 is 0. The number of carboxylic acid groups (broad SMARTS) is 1. The van der Waals surface area contributed by atoms with Gasteiger partial charge in [0.05, 0.1) is 16.3 Å². The fraction of sp³-hybridized carbons (Fsp3) is 0.0833. The van der Waals surface area contributed by atoms with Crippen molar-refractivity contribution >= 4 is 34.6 Å². The van der Waals surface area contributed by atoms with E-state index in [9.17, 15) is 4.79 Å². The molecule has 2 aromatic rings. The van der Waals surface area contributed by atoms with Crippen molar-refractivity contribution in [2.24, 2.45) is 0 Å². The fourth-order valence-electron chi connectivity index (χ4n) is 1.38. The second kappa shape index (κ2) is 5.21. The minimum atomic E-state index is -0.976. The maximum atomic E-state index is 10.7. The summed E-state index contributed by atoms with van der Waals surface area (Å²) in [6.45, 7) is 0.676. The van der Waals surface area contributed by atoms with Gasteiger partial charge in [-0.3, -0.25) is 0 Å². The predicted octanol–water partition coefficient (Wildman–Crippen LogP) is 3.71. The van der Waals surface area contributed by atoms with Gasteiger partial charge in [0.2, 0.25) is 0 Å². The molecule has 0 amide bonds. The van der Waals surface area contributed by atoms with Gasteiger partial charge >= 0.3 is 5.97 Å². The third kappa shape index (κ3) is 2.99. The van der Waals surface area contributed by atoms with Gasteiger partial charge in [-0.1, -0.05) is 11.6 Å². The number of halogens is 1. The third-order valence-electron chi connectivity index (χ3n) is 2.28. The van der Waals surface area contributed by atoms with Gasteiger partial charge in [0.1, 0.15) is 0 Å². The Morgan fingerprint density at radius 2 is 2.24 bits per heavy atom. The quantitative estimate of drug-likeness (QED) is 0.888. The van der Waals surface area contributed by atoms with Gasteiger partial charge in [0.15, 0.2) is 0 Å². The highest BCUT2D eigenvalue weighted by atomic mass is 35.5. The average molecular weight is 268 g/mol. The van der Waals surface area contributed by atoms with Crippen molar-refractivity contribution in [1.82, 2.24) is 0 Å². The molecule has 0 aliphatic heterocycles. The number of hydrogen-bond acceptors (Lipinski definition) is 3. The molecule has 1 heterocycles. The van der Waals surface area contributed by atoms with Gasteiger partial charge in [0.25, 0.3) is 0 Å². The molecule has 0 radical (unpaired) electrons. The molecular weight excluding hydrogens is 258 g/mol. The monoisotopic (exact) mass is 267 g/mol. The van der Waals surface area contributed by atoms with E-state index in [-0.39, 0.29) is 5.56 Å². The Hall–Kier alpha value is -1.52. The smallest absolute Gasteiger partial charge is 0.335 e. The first-order valence-corrected chi connectivity index (χ1v) is 6.26. The normalized spacial score (nSPS) is 10.2. The summed E-state index contributed by atoms with van der Waals surface area (Å²) in [5.74, 6) is -0.976. The molecule has 0 aliphatic rings. The van der Waals surface area contributed by atoms with Crippen LogP contribution in [0.1, 0.15) is 15.9 Å². The second-order valence-corrected chi connectivity index (χ2v) is 4.67. The number of aromatic carboxylic acids is 1. The summed E-state index contributed by atoms with van der Waals surface area (Å²) in [5.41, 5.74) is 2.10. The van der Waals surface area contributed by atoms with Crippen molar-refractivity contribution in [3.8, 4) is 0 Å². The molecule has 0 spiro atoms. The topological polar surface area (TPSA) is 49.3 Å². The van der Waals surface area contributed by atoms with E-state index in [2.05, 4.69) is 5.32 Å². The van der Waals surface area contributed by atoms with Gasteiger partial charge < -0.3 is 10.4 Å². The van der Waals surface area contributed by atoms with E-state index in [0.29, 0.717) is 11.6 Å². The van der Waals surface area contributed by atoms with Crippen molar-refractivity contribution in [3.05, 3.63) is 51.2 Å². The van der Waals surface area contributed by atoms with Gasteiger partial charge in [0, 0.05) is 6.54 Å². The largest absolute Gasteiger partial charge is 0.478 e. The number of nitrogens with one attached hydrogen (secondary N) is 1. The Morgan fingerprint density at radius 1 is 1.41 bits per heavy atom. The van der Waals surface area contributed by atoms with E-state index in [1.54, 1.807) is 17.4 Å². The summed E-state index contributed by atoms with van der Waals surface area (Å²) in [7, 11) is 0. The lowest BCUT2D eigenvalue weighted by Gasteiger charge is -2.07. The van der Waals surface area contributed by atoms with E-state index >= 15 is 0 Å². The zero-order chi connectivity index (χ0) is 12.3. The predicted molar refractivity (Wildman–Crippen MR) is 70.1 cm³/mol. The first-order chi connectivity index (χ1) is 8.16. The number of anilines is 1. The van der Waals surface area contributed by atoms with E-state index in [1.165, 1.54) is 17.7 Å². The Bertz CT molecular complexity index is 525. The maximum Gasteiger partial charge on any atom is 0.335 e. The Morgan fingerprint density at radius 3 is 2.82 bits per heavy atom. The zero-order valence-electron chi connectivity index (χ0n) is 8.81. The molecule has 2 rings (SSSR count). The Kier molecular flexibility index (Phi) is 3.66. The standard InChI is InChI=1S/C12H10ClNO2S/c13-10-5-9(12(15)16)1-2-11(10)14-6-8-3-4-17-7-8/h1-5,7,14H,6H2,(H,15,16). The lowest BCUT2D eigenvalue weighted by molar-refractivity contribution is 0.0697. The van der Waals surface area contributed by atoms with Crippen LogP contribution in [0.3, 0.4) is 0 Å². The fourth-order valence-corrected chi connectivity index (χ4v) is 2.30. The molecule has 1 aromatic heterocycles. The van der Waals surface area contributed by atoms with Crippen molar-refractivity contribution in [2.45, 2.75) is 6.54 Å². The first kappa shape index (κ1) is 12.0. The molecule has 0 saturated heterocycles. The molecule has 0 aliphatic carbocycles. The molecule has 2 N–H and O–H groups in total. The number of benzene rings is 1. The molecule has 5 heteroatoms. The van der Waals surface area contributed by atoms with Crippen LogP contribution in [0, 0.1) is 0 Å². The molecule has 0 unspecified atom stereocenters. The lowest BCUT2D eigenvalue weighted by atomic mass is 10.2. The molecule has 0 fully saturated rings. The van der Waals surface area contributed by atoms with Crippen LogP contribution >= 0.6 is 22.9 Å². The minimum Gasteiger partial charge on any atom is -0.478 e. The van der Waals surface area contributed by atoms with Crippen LogP contribution in [0.5, 0.6) is 0 Å². The van der Waals surface area contributed by atoms with Gasteiger partial charge in [-0.05, 0) is 40.6 Å². The molecule has 0 saturated carbocycles. The van der Waals surface area contributed by atoms with Crippen LogP contribution in [-0.4, -0.2) is 11.1 Å². The summed E-state index contributed by atoms with van der Waals surface area (Å²) >= 11 is 7.62. The Balaban J connectivity index is 2.09. The van der Waals surface area contributed by atoms with Crippen molar-refractivity contribution in [3.63, 3.8) is 0 Å². The van der Waals surface area contributed by atoms with E-state index in [1.807, 2.05) is 16.8 Å². The third-order valence-corrected chi connectivity index (χ3v) is 3.32. The Labute approximate surface area is 108 Å². The number of hydrogen-bond donors (Lipinski definition) is 2. The highest BCUT2D eigenvalue weighted by Gasteiger charge is 2.06. The second-order valence-electron chi connectivity index (χ2n) is 3.48. The van der Waals surface area contributed by atoms with Crippen LogP contribution < -0.4 is 5.32 Å². The minimum absolute atomic E-state index is 0.191. The first-order valence-electron chi connectivity index (χ1n) is 4.94. The molecule has 3 nitrogen and oxygen atoms in total. The van der Waals surface area contributed by atoms with Crippen LogP contribution in [0.25, 0.3) is 0 Å². The number of carboxylic acids is 1. The summed E-state index contributed by atoms with van der Waals surface area (Å²) in [6.07, 6.45) is 0. The van der Waals surface area contributed by atoms with E-state index in [4.69, 9.17) is 16.7 Å². The zero-order valence-corrected chi connectivity index (χ0v) is 10.4. The summed E-state index contributed by atoms with van der Waals surface area (Å²) in [4.78, 5) is 10.7. The van der Waals surface area contributed by atoms with Gasteiger partial charge in [-0.15, -0.1) is 0 Å². The molecule has 0 atom stereocenters. The van der Waals surface area contributed by atoms with Crippen molar-refractivity contribution < 1.29 is 9.90 Å². The van der Waals surface area contributed by atoms with Gasteiger partial charge in [-0.25, -0.2) is 4.79 Å². The average Bonchev–Trinajstić information content (AvgIpc) is 2.80. The maximum absolute atomic E-state index is 10.7. The van der Waals surface area contributed by atoms with Crippen LogP contribution in [0.15, 0.2) is 35.0 Å². The van der Waals surface area contributed by atoms with Crippen LogP contribution in [0.2, 0.25) is 5.02 Å². The molecular formula is C12H10ClNO2S. The molecule has 88 valence electrons. The lowest BCUT2D eigenvalue weighted by Crippen LogP contribution is -2.01. The van der Waals surface area contributed by atoms with Crippen molar-refractivity contribution in [2.75, 3.05) is 5.32 Å².